The molecule has 0 aromatic carbocycles. The average molecular weight is 199 g/mol. The number of hydrogen-bond donors (Lipinski definition) is 1. The summed E-state index contributed by atoms with van der Waals surface area (Å²) in [5.41, 5.74) is 0.899. The van der Waals surface area contributed by atoms with Crippen molar-refractivity contribution in [1.82, 2.24) is 4.90 Å². The number of carbonyl (C=O) groups is 2. The first-order chi connectivity index (χ1) is 6.47. The van der Waals surface area contributed by atoms with E-state index in [1.54, 1.807) is 4.90 Å². The van der Waals surface area contributed by atoms with E-state index in [-0.39, 0.29) is 18.7 Å². The van der Waals surface area contributed by atoms with Crippen molar-refractivity contribution in [2.75, 3.05) is 13.1 Å². The molecule has 0 aliphatic rings. The Labute approximate surface area is 84.2 Å². The largest absolute Gasteiger partial charge is 0.481 e. The summed E-state index contributed by atoms with van der Waals surface area (Å²) in [4.78, 5) is 23.3. The van der Waals surface area contributed by atoms with Crippen LogP contribution in [0.4, 0.5) is 0 Å². The molecule has 1 N–H and O–H groups in total. The smallest absolute Gasteiger partial charge is 0.303 e. The zero-order valence-corrected chi connectivity index (χ0v) is 8.75. The van der Waals surface area contributed by atoms with Crippen LogP contribution in [0, 0.1) is 0 Å². The second-order valence-corrected chi connectivity index (χ2v) is 3.26. The lowest BCUT2D eigenvalue weighted by Crippen LogP contribution is -2.32. The lowest BCUT2D eigenvalue weighted by Gasteiger charge is -2.20. The van der Waals surface area contributed by atoms with Crippen molar-refractivity contribution >= 4 is 11.9 Å². The third-order valence-corrected chi connectivity index (χ3v) is 1.75. The molecular weight excluding hydrogens is 182 g/mol. The highest BCUT2D eigenvalue weighted by molar-refractivity contribution is 5.80. The molecule has 0 aromatic heterocycles. The predicted molar refractivity (Wildman–Crippen MR) is 53.9 cm³/mol. The van der Waals surface area contributed by atoms with E-state index in [4.69, 9.17) is 5.11 Å². The topological polar surface area (TPSA) is 57.6 Å². The lowest BCUT2D eigenvalue weighted by molar-refractivity contribution is -0.140. The van der Waals surface area contributed by atoms with E-state index in [1.807, 2.05) is 13.8 Å². The highest BCUT2D eigenvalue weighted by Crippen LogP contribution is 2.01. The molecule has 4 nitrogen and oxygen atoms in total. The number of likely N-dealkylation sites (N-methyl/N-ethyl adjacent to an activating group) is 1. The minimum atomic E-state index is -0.940. The number of carboxylic acid groups (broad SMARTS) is 1. The van der Waals surface area contributed by atoms with Crippen LogP contribution in [0.2, 0.25) is 0 Å². The second-order valence-electron chi connectivity index (χ2n) is 3.26. The van der Waals surface area contributed by atoms with Crippen molar-refractivity contribution in [2.24, 2.45) is 0 Å². The van der Waals surface area contributed by atoms with Gasteiger partial charge in [0.25, 0.3) is 0 Å². The van der Waals surface area contributed by atoms with Gasteiger partial charge in [-0.05, 0) is 13.8 Å². The first-order valence-electron chi connectivity index (χ1n) is 4.61. The van der Waals surface area contributed by atoms with Gasteiger partial charge in [0.1, 0.15) is 0 Å². The third-order valence-electron chi connectivity index (χ3n) is 1.75. The van der Waals surface area contributed by atoms with Crippen molar-refractivity contribution < 1.29 is 14.7 Å². The Balaban J connectivity index is 4.04. The van der Waals surface area contributed by atoms with Gasteiger partial charge in [-0.25, -0.2) is 0 Å². The van der Waals surface area contributed by atoms with E-state index >= 15 is 0 Å². The molecule has 0 aliphatic heterocycles. The van der Waals surface area contributed by atoms with Gasteiger partial charge in [0, 0.05) is 19.5 Å². The van der Waals surface area contributed by atoms with E-state index in [1.165, 1.54) is 0 Å². The van der Waals surface area contributed by atoms with Crippen LogP contribution in [-0.4, -0.2) is 35.0 Å². The lowest BCUT2D eigenvalue weighted by atomic mass is 10.2. The number of amides is 1. The molecule has 0 rings (SSSR count). The quantitative estimate of drug-likeness (QED) is 0.655. The standard InChI is InChI=1S/C10H17NO3/c1-4-11(7-8(2)3)9(12)5-6-10(13)14/h2,4-7H2,1,3H3,(H,13,14). The number of carbonyl (C=O) groups excluding carboxylic acids is 1. The molecule has 0 aromatic rings. The molecule has 1 amide bonds. The van der Waals surface area contributed by atoms with Crippen LogP contribution >= 0.6 is 0 Å². The summed E-state index contributed by atoms with van der Waals surface area (Å²) in [6.45, 7) is 8.51. The van der Waals surface area contributed by atoms with Crippen molar-refractivity contribution in [1.29, 1.82) is 0 Å². The van der Waals surface area contributed by atoms with Gasteiger partial charge in [0.05, 0.1) is 6.42 Å². The van der Waals surface area contributed by atoms with Gasteiger partial charge in [-0.15, -0.1) is 0 Å². The third kappa shape index (κ3) is 5.35. The summed E-state index contributed by atoms with van der Waals surface area (Å²) < 4.78 is 0. The molecule has 0 fully saturated rings. The van der Waals surface area contributed by atoms with E-state index in [0.717, 1.165) is 5.57 Å². The van der Waals surface area contributed by atoms with Gasteiger partial charge in [-0.2, -0.15) is 0 Å². The number of carboxylic acids is 1. The number of aliphatic carboxylic acids is 1. The minimum absolute atomic E-state index is 0.0659. The van der Waals surface area contributed by atoms with Gasteiger partial charge >= 0.3 is 5.97 Å². The first-order valence-corrected chi connectivity index (χ1v) is 4.61. The predicted octanol–water partition coefficient (Wildman–Crippen LogP) is 1.28. The maximum absolute atomic E-state index is 11.4. The normalized spacial score (nSPS) is 9.57. The van der Waals surface area contributed by atoms with Crippen LogP contribution in [0.1, 0.15) is 26.7 Å². The Hall–Kier alpha value is -1.32. The van der Waals surface area contributed by atoms with Gasteiger partial charge in [-0.1, -0.05) is 12.2 Å². The van der Waals surface area contributed by atoms with Gasteiger partial charge in [0.15, 0.2) is 0 Å². The first kappa shape index (κ1) is 12.7. The Morgan fingerprint density at radius 2 is 1.93 bits per heavy atom. The minimum Gasteiger partial charge on any atom is -0.481 e. The molecule has 14 heavy (non-hydrogen) atoms. The molecule has 0 spiro atoms. The summed E-state index contributed by atoms with van der Waals surface area (Å²) in [5, 5.41) is 8.41. The highest BCUT2D eigenvalue weighted by Gasteiger charge is 2.12. The number of rotatable bonds is 6. The summed E-state index contributed by atoms with van der Waals surface area (Å²) in [6.07, 6.45) is -0.0397. The molecule has 0 aliphatic carbocycles. The average Bonchev–Trinajstić information content (AvgIpc) is 2.09. The molecule has 0 saturated heterocycles. The van der Waals surface area contributed by atoms with Crippen molar-refractivity contribution in [3.8, 4) is 0 Å². The molecule has 0 unspecified atom stereocenters. The van der Waals surface area contributed by atoms with Crippen LogP contribution in [-0.2, 0) is 9.59 Å². The summed E-state index contributed by atoms with van der Waals surface area (Å²) >= 11 is 0. The number of nitrogens with zero attached hydrogens (tertiary/aromatic N) is 1. The SMILES string of the molecule is C=C(C)CN(CC)C(=O)CCC(=O)O. The zero-order chi connectivity index (χ0) is 11.1. The molecule has 0 atom stereocenters. The second kappa shape index (κ2) is 6.18. The van der Waals surface area contributed by atoms with E-state index in [0.29, 0.717) is 13.1 Å². The molecule has 4 heteroatoms. The van der Waals surface area contributed by atoms with Crippen LogP contribution in [0.5, 0.6) is 0 Å². The summed E-state index contributed by atoms with van der Waals surface area (Å²) in [7, 11) is 0. The van der Waals surface area contributed by atoms with Crippen molar-refractivity contribution in [3.05, 3.63) is 12.2 Å². The molecule has 0 bridgehead atoms. The highest BCUT2D eigenvalue weighted by atomic mass is 16.4. The Kier molecular flexibility index (Phi) is 5.60. The Morgan fingerprint density at radius 1 is 1.36 bits per heavy atom. The van der Waals surface area contributed by atoms with Gasteiger partial charge in [-0.3, -0.25) is 9.59 Å². The van der Waals surface area contributed by atoms with E-state index < -0.39 is 5.97 Å². The van der Waals surface area contributed by atoms with Crippen LogP contribution in [0.3, 0.4) is 0 Å². The number of hydrogen-bond acceptors (Lipinski definition) is 2. The van der Waals surface area contributed by atoms with E-state index in [9.17, 15) is 9.59 Å². The van der Waals surface area contributed by atoms with Crippen LogP contribution in [0.15, 0.2) is 12.2 Å². The molecule has 0 radical (unpaired) electrons. The molecular formula is C10H17NO3. The van der Waals surface area contributed by atoms with Gasteiger partial charge in [0.2, 0.25) is 5.91 Å². The van der Waals surface area contributed by atoms with Gasteiger partial charge < -0.3 is 10.0 Å². The van der Waals surface area contributed by atoms with Crippen LogP contribution in [0.25, 0.3) is 0 Å². The Morgan fingerprint density at radius 3 is 2.29 bits per heavy atom. The fraction of sp³-hybridized carbons (Fsp3) is 0.600. The summed E-state index contributed by atoms with van der Waals surface area (Å²) in [5.74, 6) is -1.07. The molecule has 0 heterocycles. The van der Waals surface area contributed by atoms with Crippen molar-refractivity contribution in [3.63, 3.8) is 0 Å². The fourth-order valence-electron chi connectivity index (χ4n) is 1.07. The monoisotopic (exact) mass is 199 g/mol. The maximum atomic E-state index is 11.4. The Bertz CT molecular complexity index is 236. The molecule has 80 valence electrons. The maximum Gasteiger partial charge on any atom is 0.303 e. The zero-order valence-electron chi connectivity index (χ0n) is 8.75. The molecule has 0 saturated carbocycles. The fourth-order valence-corrected chi connectivity index (χ4v) is 1.07. The van der Waals surface area contributed by atoms with Crippen molar-refractivity contribution in [2.45, 2.75) is 26.7 Å². The van der Waals surface area contributed by atoms with Crippen LogP contribution < -0.4 is 0 Å². The summed E-state index contributed by atoms with van der Waals surface area (Å²) in [6, 6.07) is 0. The van der Waals surface area contributed by atoms with E-state index in [2.05, 4.69) is 6.58 Å².